The van der Waals surface area contributed by atoms with Crippen LogP contribution >= 0.6 is 0 Å². The van der Waals surface area contributed by atoms with Crippen LogP contribution in [-0.2, 0) is 6.42 Å². The van der Waals surface area contributed by atoms with E-state index in [1.54, 1.807) is 48.8 Å². The van der Waals surface area contributed by atoms with Crippen LogP contribution in [0, 0.1) is 17.1 Å². The smallest absolute Gasteiger partial charge is 0.236 e. The van der Waals surface area contributed by atoms with Crippen molar-refractivity contribution in [3.05, 3.63) is 84.0 Å². The topological polar surface area (TPSA) is 49.6 Å². The molecule has 1 aromatic heterocycles. The second-order valence-corrected chi connectivity index (χ2v) is 5.83. The molecule has 0 saturated carbocycles. The van der Waals surface area contributed by atoms with Crippen molar-refractivity contribution in [3.8, 4) is 28.6 Å². The first-order valence-electron chi connectivity index (χ1n) is 8.19. The number of benzene rings is 2. The van der Waals surface area contributed by atoms with Crippen molar-refractivity contribution >= 4 is 0 Å². The van der Waals surface area contributed by atoms with Crippen molar-refractivity contribution in [2.24, 2.45) is 0 Å². The minimum atomic E-state index is -1.70. The number of allylic oxidation sites excluding steroid dienone is 1. The number of aryl methyl sites for hydroxylation is 1. The summed E-state index contributed by atoms with van der Waals surface area (Å²) in [5.41, 5.74) is 2.84. The van der Waals surface area contributed by atoms with Crippen LogP contribution in [0.1, 0.15) is 17.5 Å². The molecule has 0 aliphatic heterocycles. The lowest BCUT2D eigenvalue weighted by molar-refractivity contribution is 0.417. The molecule has 27 heavy (non-hydrogen) atoms. The largest absolute Gasteiger partial charge is 0.266 e. The zero-order valence-corrected chi connectivity index (χ0v) is 14.2. The molecule has 0 radical (unpaired) electrons. The Hall–Kier alpha value is -3.46. The van der Waals surface area contributed by atoms with Crippen LogP contribution < -0.4 is 0 Å². The van der Waals surface area contributed by atoms with Gasteiger partial charge in [-0.1, -0.05) is 24.3 Å². The fraction of sp³-hybridized carbons (Fsp3) is 0.0952. The maximum absolute atomic E-state index is 14.5. The van der Waals surface area contributed by atoms with Crippen LogP contribution in [0.5, 0.6) is 0 Å². The maximum Gasteiger partial charge on any atom is 0.266 e. The molecule has 6 heteroatoms. The molecule has 0 unspecified atom stereocenters. The molecule has 3 nitrogen and oxygen atoms in total. The summed E-state index contributed by atoms with van der Waals surface area (Å²) in [4.78, 5) is 8.38. The van der Waals surface area contributed by atoms with Crippen molar-refractivity contribution in [2.45, 2.75) is 12.8 Å². The summed E-state index contributed by atoms with van der Waals surface area (Å²) in [6.45, 7) is 0. The number of rotatable bonds is 5. The molecule has 0 fully saturated rings. The van der Waals surface area contributed by atoms with Crippen molar-refractivity contribution in [3.63, 3.8) is 0 Å². The summed E-state index contributed by atoms with van der Waals surface area (Å²) >= 11 is 0. The summed E-state index contributed by atoms with van der Waals surface area (Å²) in [5.74, 6) is -0.0651. The fourth-order valence-electron chi connectivity index (χ4n) is 2.59. The van der Waals surface area contributed by atoms with E-state index in [4.69, 9.17) is 5.26 Å². The first-order chi connectivity index (χ1) is 13.1. The number of nitrogens with zero attached hydrogens (tertiary/aromatic N) is 3. The molecule has 0 aliphatic carbocycles. The Labute approximate surface area is 154 Å². The van der Waals surface area contributed by atoms with E-state index in [9.17, 15) is 13.2 Å². The summed E-state index contributed by atoms with van der Waals surface area (Å²) in [7, 11) is 0. The van der Waals surface area contributed by atoms with Gasteiger partial charge < -0.3 is 0 Å². The summed E-state index contributed by atoms with van der Waals surface area (Å²) < 4.78 is 38.6. The van der Waals surface area contributed by atoms with Gasteiger partial charge in [-0.25, -0.2) is 14.4 Å². The Morgan fingerprint density at radius 3 is 2.26 bits per heavy atom. The van der Waals surface area contributed by atoms with Crippen molar-refractivity contribution in [2.75, 3.05) is 0 Å². The molecule has 2 aromatic carbocycles. The Kier molecular flexibility index (Phi) is 5.62. The molecule has 0 spiro atoms. The van der Waals surface area contributed by atoms with Crippen molar-refractivity contribution in [1.82, 2.24) is 9.97 Å². The first kappa shape index (κ1) is 18.3. The van der Waals surface area contributed by atoms with Gasteiger partial charge in [-0.15, -0.1) is 0 Å². The quantitative estimate of drug-likeness (QED) is 0.597. The average molecular weight is 365 g/mol. The standard InChI is InChI=1S/C21H14F3N3/c22-19-10-17(8-9-18(19)16-6-4-14(11-25)5-7-16)21-26-12-15(13-27-21)2-1-3-20(23)24/h3-10,12-13H,1-2H2. The van der Waals surface area contributed by atoms with E-state index in [0.29, 0.717) is 34.5 Å². The molecule has 3 aromatic rings. The van der Waals surface area contributed by atoms with Gasteiger partial charge in [0.25, 0.3) is 6.08 Å². The van der Waals surface area contributed by atoms with E-state index in [1.807, 2.05) is 6.07 Å². The molecule has 1 heterocycles. The minimum Gasteiger partial charge on any atom is -0.236 e. The predicted octanol–water partition coefficient (Wildman–Crippen LogP) is 5.53. The zero-order chi connectivity index (χ0) is 19.2. The third-order valence-electron chi connectivity index (χ3n) is 3.99. The van der Waals surface area contributed by atoms with Gasteiger partial charge in [-0.05, 0) is 48.2 Å². The van der Waals surface area contributed by atoms with Gasteiger partial charge in [-0.2, -0.15) is 14.0 Å². The molecule has 0 saturated heterocycles. The van der Waals surface area contributed by atoms with Crippen molar-refractivity contribution in [1.29, 1.82) is 5.26 Å². The van der Waals surface area contributed by atoms with Gasteiger partial charge >= 0.3 is 0 Å². The predicted molar refractivity (Wildman–Crippen MR) is 96.2 cm³/mol. The molecule has 0 amide bonds. The van der Waals surface area contributed by atoms with Gasteiger partial charge in [0.15, 0.2) is 5.82 Å². The highest BCUT2D eigenvalue weighted by molar-refractivity contribution is 5.69. The maximum atomic E-state index is 14.5. The Bertz CT molecular complexity index is 1000. The lowest BCUT2D eigenvalue weighted by Gasteiger charge is -2.07. The summed E-state index contributed by atoms with van der Waals surface area (Å²) in [6, 6.07) is 13.4. The first-order valence-corrected chi connectivity index (χ1v) is 8.19. The lowest BCUT2D eigenvalue weighted by Crippen LogP contribution is -1.94. The van der Waals surface area contributed by atoms with E-state index in [0.717, 1.165) is 11.6 Å². The highest BCUT2D eigenvalue weighted by Gasteiger charge is 2.09. The van der Waals surface area contributed by atoms with E-state index in [2.05, 4.69) is 9.97 Å². The van der Waals surface area contributed by atoms with Crippen LogP contribution in [0.3, 0.4) is 0 Å². The lowest BCUT2D eigenvalue weighted by atomic mass is 10.0. The van der Waals surface area contributed by atoms with E-state index in [-0.39, 0.29) is 6.42 Å². The molecule has 0 atom stereocenters. The Balaban J connectivity index is 1.78. The van der Waals surface area contributed by atoms with Crippen LogP contribution in [0.25, 0.3) is 22.5 Å². The van der Waals surface area contributed by atoms with E-state index in [1.165, 1.54) is 6.07 Å². The number of nitriles is 1. The molecule has 0 aliphatic rings. The van der Waals surface area contributed by atoms with Crippen LogP contribution in [-0.4, -0.2) is 9.97 Å². The summed E-state index contributed by atoms with van der Waals surface area (Å²) in [5, 5.41) is 8.83. The fourth-order valence-corrected chi connectivity index (χ4v) is 2.59. The highest BCUT2D eigenvalue weighted by atomic mass is 19.3. The second kappa shape index (κ2) is 8.28. The monoisotopic (exact) mass is 365 g/mol. The number of halogens is 3. The SMILES string of the molecule is N#Cc1ccc(-c2ccc(-c3ncc(CCC=C(F)F)cn3)cc2F)cc1. The van der Waals surface area contributed by atoms with Gasteiger partial charge in [-0.3, -0.25) is 0 Å². The normalized spacial score (nSPS) is 10.3. The molecule has 3 rings (SSSR count). The number of hydrogen-bond acceptors (Lipinski definition) is 3. The Morgan fingerprint density at radius 1 is 1.00 bits per heavy atom. The van der Waals surface area contributed by atoms with Crippen LogP contribution in [0.15, 0.2) is 67.0 Å². The zero-order valence-electron chi connectivity index (χ0n) is 14.2. The number of hydrogen-bond donors (Lipinski definition) is 0. The second-order valence-electron chi connectivity index (χ2n) is 5.83. The molecule has 0 N–H and O–H groups in total. The molecular formula is C21H14F3N3. The molecular weight excluding hydrogens is 351 g/mol. The van der Waals surface area contributed by atoms with Crippen LogP contribution in [0.4, 0.5) is 13.2 Å². The summed E-state index contributed by atoms with van der Waals surface area (Å²) in [6.07, 6.45) is 2.87. The molecule has 0 bridgehead atoms. The average Bonchev–Trinajstić information content (AvgIpc) is 2.68. The highest BCUT2D eigenvalue weighted by Crippen LogP contribution is 2.27. The van der Waals surface area contributed by atoms with Crippen molar-refractivity contribution < 1.29 is 13.2 Å². The third-order valence-corrected chi connectivity index (χ3v) is 3.99. The molecule has 134 valence electrons. The van der Waals surface area contributed by atoms with E-state index < -0.39 is 11.9 Å². The van der Waals surface area contributed by atoms with Gasteiger partial charge in [0, 0.05) is 23.5 Å². The third kappa shape index (κ3) is 4.59. The van der Waals surface area contributed by atoms with Gasteiger partial charge in [0.05, 0.1) is 11.6 Å². The number of aromatic nitrogens is 2. The van der Waals surface area contributed by atoms with Gasteiger partial charge in [0.2, 0.25) is 0 Å². The minimum absolute atomic E-state index is 0.207. The Morgan fingerprint density at radius 2 is 1.67 bits per heavy atom. The van der Waals surface area contributed by atoms with Crippen LogP contribution in [0.2, 0.25) is 0 Å². The van der Waals surface area contributed by atoms with E-state index >= 15 is 0 Å². The van der Waals surface area contributed by atoms with Gasteiger partial charge in [0.1, 0.15) is 5.82 Å².